The van der Waals surface area contributed by atoms with Crippen LogP contribution >= 0.6 is 0 Å². The zero-order valence-electron chi connectivity index (χ0n) is 15.0. The normalized spacial score (nSPS) is 29.4. The molecule has 0 spiro atoms. The molecular formula is C19H27NO4. The smallest absolute Gasteiger partial charge is 0.254 e. The second kappa shape index (κ2) is 6.73. The van der Waals surface area contributed by atoms with Crippen molar-refractivity contribution in [3.05, 3.63) is 29.3 Å². The van der Waals surface area contributed by atoms with Gasteiger partial charge < -0.3 is 19.1 Å². The lowest BCUT2D eigenvalue weighted by atomic mass is 9.79. The topological polar surface area (TPSA) is 48.0 Å². The molecule has 0 aromatic heterocycles. The molecule has 1 saturated carbocycles. The highest BCUT2D eigenvalue weighted by Crippen LogP contribution is 2.43. The van der Waals surface area contributed by atoms with E-state index in [1.165, 1.54) is 0 Å². The number of rotatable bonds is 4. The summed E-state index contributed by atoms with van der Waals surface area (Å²) in [6.07, 6.45) is 3.86. The molecule has 1 saturated heterocycles. The molecule has 2 aliphatic rings. The number of methoxy groups -OCH3 is 3. The number of amides is 1. The highest BCUT2D eigenvalue weighted by atomic mass is 16.5. The summed E-state index contributed by atoms with van der Waals surface area (Å²) in [5.74, 6) is 0.873. The standard InChI is InChI=1S/C19H27NO4/c1-13-11-14(5-6-16(13)23-3)18(21)20-10-9-19(24-4)8-7-15(22-2)12-17(19)20/h5-6,11,15,17H,7-10,12H2,1-4H3/t15-,17-,19+/m0/s1. The van der Waals surface area contributed by atoms with Crippen LogP contribution in [0.4, 0.5) is 0 Å². The molecule has 1 aliphatic heterocycles. The third-order valence-electron chi connectivity index (χ3n) is 5.78. The van der Waals surface area contributed by atoms with Crippen LogP contribution in [0.2, 0.25) is 0 Å². The Kier molecular flexibility index (Phi) is 4.83. The van der Waals surface area contributed by atoms with Gasteiger partial charge in [0, 0.05) is 26.3 Å². The van der Waals surface area contributed by atoms with Crippen molar-refractivity contribution >= 4 is 5.91 Å². The van der Waals surface area contributed by atoms with E-state index >= 15 is 0 Å². The van der Waals surface area contributed by atoms with Crippen molar-refractivity contribution in [1.82, 2.24) is 4.90 Å². The second-order valence-corrected chi connectivity index (χ2v) is 6.85. The monoisotopic (exact) mass is 333 g/mol. The minimum atomic E-state index is -0.216. The average molecular weight is 333 g/mol. The number of carbonyl (C=O) groups excluding carboxylic acids is 1. The van der Waals surface area contributed by atoms with E-state index in [0.717, 1.165) is 43.5 Å². The quantitative estimate of drug-likeness (QED) is 0.850. The maximum atomic E-state index is 13.1. The van der Waals surface area contributed by atoms with Crippen LogP contribution < -0.4 is 4.74 Å². The molecule has 1 aliphatic carbocycles. The maximum Gasteiger partial charge on any atom is 0.254 e. The summed E-state index contributed by atoms with van der Waals surface area (Å²) < 4.78 is 16.8. The van der Waals surface area contributed by atoms with Gasteiger partial charge in [0.25, 0.3) is 5.91 Å². The van der Waals surface area contributed by atoms with Crippen LogP contribution in [0.15, 0.2) is 18.2 Å². The molecule has 0 unspecified atom stereocenters. The van der Waals surface area contributed by atoms with E-state index in [2.05, 4.69) is 0 Å². The van der Waals surface area contributed by atoms with E-state index in [1.807, 2.05) is 30.0 Å². The lowest BCUT2D eigenvalue weighted by Gasteiger charge is -2.43. The number of hydrogen-bond donors (Lipinski definition) is 0. The Hall–Kier alpha value is -1.59. The molecule has 2 fully saturated rings. The number of fused-ring (bicyclic) bond motifs is 1. The van der Waals surface area contributed by atoms with Gasteiger partial charge in [-0.05, 0) is 56.4 Å². The van der Waals surface area contributed by atoms with Gasteiger partial charge in [0.05, 0.1) is 24.9 Å². The third-order valence-corrected chi connectivity index (χ3v) is 5.78. The van der Waals surface area contributed by atoms with Crippen LogP contribution in [-0.4, -0.2) is 56.4 Å². The molecule has 3 atom stereocenters. The molecule has 1 aromatic carbocycles. The van der Waals surface area contributed by atoms with Gasteiger partial charge >= 0.3 is 0 Å². The molecule has 5 heteroatoms. The van der Waals surface area contributed by atoms with Gasteiger partial charge in [-0.1, -0.05) is 0 Å². The van der Waals surface area contributed by atoms with Crippen LogP contribution in [0.5, 0.6) is 5.75 Å². The number of carbonyl (C=O) groups is 1. The van der Waals surface area contributed by atoms with Crippen molar-refractivity contribution in [3.8, 4) is 5.75 Å². The largest absolute Gasteiger partial charge is 0.496 e. The van der Waals surface area contributed by atoms with Gasteiger partial charge in [0.2, 0.25) is 0 Å². The Balaban J connectivity index is 1.85. The van der Waals surface area contributed by atoms with Crippen LogP contribution in [0, 0.1) is 6.92 Å². The molecule has 0 N–H and O–H groups in total. The van der Waals surface area contributed by atoms with Crippen LogP contribution in [0.3, 0.4) is 0 Å². The molecule has 24 heavy (non-hydrogen) atoms. The van der Waals surface area contributed by atoms with E-state index in [0.29, 0.717) is 5.56 Å². The average Bonchev–Trinajstić information content (AvgIpc) is 3.00. The summed E-state index contributed by atoms with van der Waals surface area (Å²) in [5.41, 5.74) is 1.46. The fourth-order valence-corrected chi connectivity index (χ4v) is 4.30. The predicted molar refractivity (Wildman–Crippen MR) is 91.6 cm³/mol. The predicted octanol–water partition coefficient (Wildman–Crippen LogP) is 2.80. The van der Waals surface area contributed by atoms with Crippen molar-refractivity contribution in [2.45, 2.75) is 50.4 Å². The fraction of sp³-hybridized carbons (Fsp3) is 0.632. The Bertz CT molecular complexity index is 617. The van der Waals surface area contributed by atoms with Crippen molar-refractivity contribution in [3.63, 3.8) is 0 Å². The molecule has 1 aromatic rings. The number of aryl methyl sites for hydroxylation is 1. The van der Waals surface area contributed by atoms with Gasteiger partial charge in [-0.2, -0.15) is 0 Å². The van der Waals surface area contributed by atoms with Crippen molar-refractivity contribution in [2.75, 3.05) is 27.9 Å². The summed E-state index contributed by atoms with van der Waals surface area (Å²) >= 11 is 0. The number of nitrogens with zero attached hydrogens (tertiary/aromatic N) is 1. The SMILES string of the molecule is COc1ccc(C(=O)N2CC[C@]3(OC)CC[C@H](OC)C[C@H]23)cc1C. The first-order valence-electron chi connectivity index (χ1n) is 8.58. The second-order valence-electron chi connectivity index (χ2n) is 6.85. The number of likely N-dealkylation sites (tertiary alicyclic amines) is 1. The number of hydrogen-bond acceptors (Lipinski definition) is 4. The summed E-state index contributed by atoms with van der Waals surface area (Å²) in [4.78, 5) is 15.1. The van der Waals surface area contributed by atoms with E-state index in [1.54, 1.807) is 21.3 Å². The summed E-state index contributed by atoms with van der Waals surface area (Å²) in [6.45, 7) is 2.69. The molecule has 132 valence electrons. The zero-order chi connectivity index (χ0) is 17.3. The van der Waals surface area contributed by atoms with E-state index in [-0.39, 0.29) is 23.7 Å². The minimum Gasteiger partial charge on any atom is -0.496 e. The Morgan fingerprint density at radius 3 is 2.67 bits per heavy atom. The van der Waals surface area contributed by atoms with Crippen LogP contribution in [0.1, 0.15) is 41.6 Å². The molecule has 1 heterocycles. The molecule has 0 radical (unpaired) electrons. The Labute approximate surface area is 143 Å². The first-order valence-corrected chi connectivity index (χ1v) is 8.58. The van der Waals surface area contributed by atoms with Crippen LogP contribution in [-0.2, 0) is 9.47 Å². The summed E-state index contributed by atoms with van der Waals surface area (Å²) in [7, 11) is 5.16. The minimum absolute atomic E-state index is 0.0708. The van der Waals surface area contributed by atoms with E-state index < -0.39 is 0 Å². The summed E-state index contributed by atoms with van der Waals surface area (Å²) in [6, 6.07) is 5.69. The van der Waals surface area contributed by atoms with Gasteiger partial charge in [0.15, 0.2) is 0 Å². The first-order chi connectivity index (χ1) is 11.5. The molecule has 5 nitrogen and oxygen atoms in total. The number of ether oxygens (including phenoxy) is 3. The first kappa shape index (κ1) is 17.2. The Morgan fingerprint density at radius 2 is 2.04 bits per heavy atom. The lowest BCUT2D eigenvalue weighted by Crippen LogP contribution is -2.53. The van der Waals surface area contributed by atoms with Gasteiger partial charge in [-0.25, -0.2) is 0 Å². The lowest BCUT2D eigenvalue weighted by molar-refractivity contribution is -0.0893. The van der Waals surface area contributed by atoms with Gasteiger partial charge in [-0.15, -0.1) is 0 Å². The highest BCUT2D eigenvalue weighted by Gasteiger charge is 2.52. The van der Waals surface area contributed by atoms with E-state index in [9.17, 15) is 4.79 Å². The van der Waals surface area contributed by atoms with Gasteiger partial charge in [-0.3, -0.25) is 4.79 Å². The maximum absolute atomic E-state index is 13.1. The third kappa shape index (κ3) is 2.80. The zero-order valence-corrected chi connectivity index (χ0v) is 15.0. The highest BCUT2D eigenvalue weighted by molar-refractivity contribution is 5.95. The molecule has 0 bridgehead atoms. The Morgan fingerprint density at radius 1 is 1.25 bits per heavy atom. The molecular weight excluding hydrogens is 306 g/mol. The van der Waals surface area contributed by atoms with Crippen molar-refractivity contribution in [1.29, 1.82) is 0 Å². The molecule has 3 rings (SSSR count). The van der Waals surface area contributed by atoms with Crippen molar-refractivity contribution in [2.24, 2.45) is 0 Å². The van der Waals surface area contributed by atoms with E-state index in [4.69, 9.17) is 14.2 Å². The fourth-order valence-electron chi connectivity index (χ4n) is 4.30. The van der Waals surface area contributed by atoms with Crippen molar-refractivity contribution < 1.29 is 19.0 Å². The number of benzene rings is 1. The van der Waals surface area contributed by atoms with Gasteiger partial charge in [0.1, 0.15) is 5.75 Å². The molecule has 1 amide bonds. The summed E-state index contributed by atoms with van der Waals surface area (Å²) in [5, 5.41) is 0. The van der Waals surface area contributed by atoms with Crippen LogP contribution in [0.25, 0.3) is 0 Å².